The highest BCUT2D eigenvalue weighted by atomic mass is 16.3. The smallest absolute Gasteiger partial charge is 0.134 e. The minimum absolute atomic E-state index is 0.182. The predicted octanol–water partition coefficient (Wildman–Crippen LogP) is 0.895. The first-order chi connectivity index (χ1) is 12.7. The summed E-state index contributed by atoms with van der Waals surface area (Å²) < 4.78 is 1.88. The molecule has 3 aromatic heterocycles. The molecular weight excluding hydrogens is 330 g/mol. The SMILES string of the molecule is CNc1cc(N2C[C@H](O)C[C@@H]2CNCc2cc3ccccn3n2)ncn1. The zero-order valence-corrected chi connectivity index (χ0v) is 14.7. The summed E-state index contributed by atoms with van der Waals surface area (Å²) in [7, 11) is 1.83. The van der Waals surface area contributed by atoms with Crippen LogP contribution in [0, 0.1) is 0 Å². The third-order valence-electron chi connectivity index (χ3n) is 4.70. The van der Waals surface area contributed by atoms with E-state index in [0.29, 0.717) is 13.1 Å². The standard InChI is InChI=1S/C18H23N7O/c1-19-17-8-18(22-12-21-17)24-11-16(26)7-15(24)10-20-9-13-6-14-4-2-3-5-25(14)23-13/h2-6,8,12,15-16,20,26H,7,9-11H2,1H3,(H,19,21,22)/t15-,16-/m1/s1. The molecule has 0 amide bonds. The van der Waals surface area contributed by atoms with Gasteiger partial charge in [-0.15, -0.1) is 0 Å². The molecule has 26 heavy (non-hydrogen) atoms. The lowest BCUT2D eigenvalue weighted by Crippen LogP contribution is -2.38. The Kier molecular flexibility index (Phi) is 4.68. The van der Waals surface area contributed by atoms with E-state index in [9.17, 15) is 5.11 Å². The van der Waals surface area contributed by atoms with E-state index < -0.39 is 0 Å². The summed E-state index contributed by atoms with van der Waals surface area (Å²) in [5.74, 6) is 1.60. The van der Waals surface area contributed by atoms with Crippen molar-refractivity contribution in [2.45, 2.75) is 25.1 Å². The maximum Gasteiger partial charge on any atom is 0.134 e. The van der Waals surface area contributed by atoms with Gasteiger partial charge < -0.3 is 20.6 Å². The molecule has 4 heterocycles. The number of rotatable bonds is 6. The lowest BCUT2D eigenvalue weighted by Gasteiger charge is -2.25. The van der Waals surface area contributed by atoms with Crippen LogP contribution in [0.25, 0.3) is 5.52 Å². The van der Waals surface area contributed by atoms with Gasteiger partial charge in [0, 0.05) is 45.0 Å². The van der Waals surface area contributed by atoms with Gasteiger partial charge in [0.15, 0.2) is 0 Å². The van der Waals surface area contributed by atoms with Crippen LogP contribution in [-0.2, 0) is 6.54 Å². The number of aliphatic hydroxyl groups is 1. The molecule has 8 nitrogen and oxygen atoms in total. The Balaban J connectivity index is 1.40. The van der Waals surface area contributed by atoms with Crippen molar-refractivity contribution in [3.8, 4) is 0 Å². The van der Waals surface area contributed by atoms with Gasteiger partial charge in [0.2, 0.25) is 0 Å². The minimum atomic E-state index is -0.343. The van der Waals surface area contributed by atoms with Gasteiger partial charge >= 0.3 is 0 Å². The Morgan fingerprint density at radius 3 is 3.04 bits per heavy atom. The second-order valence-corrected chi connectivity index (χ2v) is 6.54. The van der Waals surface area contributed by atoms with Gasteiger partial charge in [0.25, 0.3) is 0 Å². The molecule has 1 saturated heterocycles. The van der Waals surface area contributed by atoms with E-state index in [4.69, 9.17) is 0 Å². The second kappa shape index (κ2) is 7.27. The number of nitrogens with one attached hydrogen (secondary N) is 2. The molecule has 0 aliphatic carbocycles. The molecule has 1 aliphatic heterocycles. The van der Waals surface area contributed by atoms with E-state index in [0.717, 1.165) is 35.8 Å². The lowest BCUT2D eigenvalue weighted by molar-refractivity contribution is 0.194. The molecule has 0 unspecified atom stereocenters. The number of anilines is 2. The molecule has 0 spiro atoms. The zero-order valence-electron chi connectivity index (χ0n) is 14.7. The van der Waals surface area contributed by atoms with Crippen LogP contribution < -0.4 is 15.5 Å². The molecule has 4 rings (SSSR count). The van der Waals surface area contributed by atoms with Gasteiger partial charge in [-0.25, -0.2) is 14.5 Å². The summed E-state index contributed by atoms with van der Waals surface area (Å²) in [6.45, 7) is 2.03. The fourth-order valence-corrected chi connectivity index (χ4v) is 3.45. The van der Waals surface area contributed by atoms with Gasteiger partial charge in [-0.1, -0.05) is 6.07 Å². The average Bonchev–Trinajstić information content (AvgIpc) is 3.24. The third kappa shape index (κ3) is 3.47. The highest BCUT2D eigenvalue weighted by Gasteiger charge is 2.31. The first-order valence-corrected chi connectivity index (χ1v) is 8.81. The van der Waals surface area contributed by atoms with Crippen molar-refractivity contribution in [1.82, 2.24) is 24.9 Å². The number of aromatic nitrogens is 4. The van der Waals surface area contributed by atoms with Gasteiger partial charge in [-0.3, -0.25) is 0 Å². The average molecular weight is 353 g/mol. The van der Waals surface area contributed by atoms with Crippen LogP contribution in [0.4, 0.5) is 11.6 Å². The Hall–Kier alpha value is -2.71. The molecule has 0 aromatic carbocycles. The fraction of sp³-hybridized carbons (Fsp3) is 0.389. The van der Waals surface area contributed by atoms with E-state index in [1.54, 1.807) is 6.33 Å². The summed E-state index contributed by atoms with van der Waals surface area (Å²) in [5.41, 5.74) is 2.09. The minimum Gasteiger partial charge on any atom is -0.391 e. The Labute approximate surface area is 151 Å². The molecule has 2 atom stereocenters. The first kappa shape index (κ1) is 16.7. The molecule has 3 N–H and O–H groups in total. The van der Waals surface area contributed by atoms with Crippen molar-refractivity contribution >= 4 is 17.2 Å². The van der Waals surface area contributed by atoms with Crippen LogP contribution in [0.5, 0.6) is 0 Å². The van der Waals surface area contributed by atoms with Crippen LogP contribution in [-0.4, -0.2) is 57.0 Å². The van der Waals surface area contributed by atoms with Crippen LogP contribution >= 0.6 is 0 Å². The Morgan fingerprint density at radius 1 is 1.27 bits per heavy atom. The Morgan fingerprint density at radius 2 is 2.19 bits per heavy atom. The number of nitrogens with zero attached hydrogens (tertiary/aromatic N) is 5. The van der Waals surface area contributed by atoms with E-state index in [1.165, 1.54) is 0 Å². The lowest BCUT2D eigenvalue weighted by atomic mass is 10.2. The van der Waals surface area contributed by atoms with E-state index in [1.807, 2.05) is 42.0 Å². The van der Waals surface area contributed by atoms with Crippen molar-refractivity contribution in [1.29, 1.82) is 0 Å². The largest absolute Gasteiger partial charge is 0.391 e. The topological polar surface area (TPSA) is 90.6 Å². The van der Waals surface area contributed by atoms with Gasteiger partial charge in [-0.05, 0) is 24.6 Å². The normalized spacial score (nSPS) is 20.0. The van der Waals surface area contributed by atoms with E-state index >= 15 is 0 Å². The van der Waals surface area contributed by atoms with E-state index in [2.05, 4.69) is 36.7 Å². The summed E-state index contributed by atoms with van der Waals surface area (Å²) >= 11 is 0. The quantitative estimate of drug-likeness (QED) is 0.606. The van der Waals surface area contributed by atoms with Gasteiger partial charge in [0.1, 0.15) is 18.0 Å². The highest BCUT2D eigenvalue weighted by Crippen LogP contribution is 2.25. The van der Waals surface area contributed by atoms with Gasteiger partial charge in [0.05, 0.1) is 17.3 Å². The van der Waals surface area contributed by atoms with Crippen molar-refractivity contribution in [3.05, 3.63) is 48.5 Å². The van der Waals surface area contributed by atoms with Crippen molar-refractivity contribution in [2.24, 2.45) is 0 Å². The maximum absolute atomic E-state index is 10.1. The zero-order chi connectivity index (χ0) is 17.9. The maximum atomic E-state index is 10.1. The van der Waals surface area contributed by atoms with Crippen molar-refractivity contribution < 1.29 is 5.11 Å². The first-order valence-electron chi connectivity index (χ1n) is 8.81. The fourth-order valence-electron chi connectivity index (χ4n) is 3.45. The number of fused-ring (bicyclic) bond motifs is 1. The predicted molar refractivity (Wildman–Crippen MR) is 100 cm³/mol. The summed E-state index contributed by atoms with van der Waals surface area (Å²) in [6.07, 6.45) is 3.87. The monoisotopic (exact) mass is 353 g/mol. The van der Waals surface area contributed by atoms with Crippen molar-refractivity contribution in [2.75, 3.05) is 30.4 Å². The molecule has 0 radical (unpaired) electrons. The summed E-state index contributed by atoms with van der Waals surface area (Å²) in [5, 5.41) is 21.2. The molecule has 1 fully saturated rings. The number of hydrogen-bond acceptors (Lipinski definition) is 7. The highest BCUT2D eigenvalue weighted by molar-refractivity contribution is 5.50. The second-order valence-electron chi connectivity index (χ2n) is 6.54. The van der Waals surface area contributed by atoms with Crippen LogP contribution in [0.2, 0.25) is 0 Å². The van der Waals surface area contributed by atoms with Crippen molar-refractivity contribution in [3.63, 3.8) is 0 Å². The Bertz CT molecular complexity index is 848. The van der Waals surface area contributed by atoms with Crippen LogP contribution in [0.1, 0.15) is 12.1 Å². The summed E-state index contributed by atoms with van der Waals surface area (Å²) in [6, 6.07) is 10.2. The molecule has 0 bridgehead atoms. The molecule has 3 aromatic rings. The molecule has 0 saturated carbocycles. The summed E-state index contributed by atoms with van der Waals surface area (Å²) in [4.78, 5) is 10.7. The van der Waals surface area contributed by atoms with Crippen LogP contribution in [0.3, 0.4) is 0 Å². The molecule has 136 valence electrons. The van der Waals surface area contributed by atoms with Gasteiger partial charge in [-0.2, -0.15) is 5.10 Å². The third-order valence-corrected chi connectivity index (χ3v) is 4.70. The van der Waals surface area contributed by atoms with Crippen LogP contribution in [0.15, 0.2) is 42.9 Å². The number of hydrogen-bond donors (Lipinski definition) is 3. The van der Waals surface area contributed by atoms with E-state index in [-0.39, 0.29) is 12.1 Å². The number of β-amino-alcohol motifs (C(OH)–C–C–N with tert-alkyl or cyclic N) is 1. The molecular formula is C18H23N7O. The number of pyridine rings is 1. The molecule has 8 heteroatoms. The number of aliphatic hydroxyl groups excluding tert-OH is 1. The molecule has 1 aliphatic rings.